The molecule has 4 N–H and O–H groups in total. The van der Waals surface area contributed by atoms with Crippen molar-refractivity contribution in [1.29, 1.82) is 0 Å². The van der Waals surface area contributed by atoms with Crippen LogP contribution in [0.15, 0.2) is 0 Å². The molecule has 0 saturated heterocycles. The van der Waals surface area contributed by atoms with Crippen LogP contribution in [0.2, 0.25) is 0 Å². The Balaban J connectivity index is 2.01. The summed E-state index contributed by atoms with van der Waals surface area (Å²) in [4.78, 5) is 18.5. The van der Waals surface area contributed by atoms with Gasteiger partial charge in [0.25, 0.3) is 5.91 Å². The lowest BCUT2D eigenvalue weighted by Gasteiger charge is -2.15. The molecule has 0 radical (unpaired) electrons. The van der Waals surface area contributed by atoms with Crippen LogP contribution in [0.25, 0.3) is 0 Å². The summed E-state index contributed by atoms with van der Waals surface area (Å²) in [7, 11) is 3.63. The summed E-state index contributed by atoms with van der Waals surface area (Å²) < 4.78 is 0. The van der Waals surface area contributed by atoms with Crippen LogP contribution >= 0.6 is 11.3 Å². The molecule has 0 aromatic carbocycles. The van der Waals surface area contributed by atoms with Crippen molar-refractivity contribution >= 4 is 28.2 Å². The summed E-state index contributed by atoms with van der Waals surface area (Å²) in [6.45, 7) is 1.41. The maximum Gasteiger partial charge on any atom is 0.267 e. The van der Waals surface area contributed by atoms with Crippen LogP contribution < -0.4 is 16.4 Å². The van der Waals surface area contributed by atoms with Crippen LogP contribution in [0, 0.1) is 0 Å². The number of likely N-dealkylation sites (N-methyl/N-ethyl adjacent to an activating group) is 2. The fourth-order valence-corrected chi connectivity index (χ4v) is 2.46. The first-order valence-corrected chi connectivity index (χ1v) is 6.86. The number of rotatable bonds is 6. The molecule has 2 rings (SSSR count). The molecule has 0 atom stereocenters. The molecule has 1 aromatic heterocycles. The molecule has 1 fully saturated rings. The lowest BCUT2D eigenvalue weighted by molar-refractivity contribution is 0.0802. The molecule has 18 heavy (non-hydrogen) atoms. The number of nitrogens with one attached hydrogen (secondary N) is 2. The minimum Gasteiger partial charge on any atom is -0.382 e. The number of carbonyl (C=O) groups is 1. The van der Waals surface area contributed by atoms with Gasteiger partial charge in [0, 0.05) is 26.2 Å². The van der Waals surface area contributed by atoms with Crippen molar-refractivity contribution in [3.05, 3.63) is 4.88 Å². The normalized spacial score (nSPS) is 14.6. The van der Waals surface area contributed by atoms with Gasteiger partial charge in [-0.1, -0.05) is 11.3 Å². The van der Waals surface area contributed by atoms with Crippen LogP contribution in [-0.4, -0.2) is 49.0 Å². The fourth-order valence-electron chi connectivity index (χ4n) is 1.50. The van der Waals surface area contributed by atoms with Crippen molar-refractivity contribution in [3.8, 4) is 0 Å². The van der Waals surface area contributed by atoms with E-state index in [0.717, 1.165) is 11.7 Å². The standard InChI is InChI=1S/C11H19N5OS/c1-13-5-6-16(2)10(17)8-9(12)15-11(18-8)14-7-3-4-7/h7,13H,3-6,12H2,1-2H3,(H,14,15). The Labute approximate surface area is 111 Å². The van der Waals surface area contributed by atoms with Crippen LogP contribution in [0.1, 0.15) is 22.5 Å². The number of hydrogen-bond donors (Lipinski definition) is 3. The Morgan fingerprint density at radius 3 is 2.94 bits per heavy atom. The summed E-state index contributed by atoms with van der Waals surface area (Å²) in [5, 5.41) is 7.02. The van der Waals surface area contributed by atoms with Gasteiger partial charge in [-0.2, -0.15) is 0 Å². The molecule has 1 aliphatic rings. The van der Waals surface area contributed by atoms with Crippen molar-refractivity contribution < 1.29 is 4.79 Å². The van der Waals surface area contributed by atoms with Crippen molar-refractivity contribution in [2.45, 2.75) is 18.9 Å². The second kappa shape index (κ2) is 5.53. The highest BCUT2D eigenvalue weighted by atomic mass is 32.1. The van der Waals surface area contributed by atoms with Gasteiger partial charge in [0.1, 0.15) is 10.7 Å². The van der Waals surface area contributed by atoms with Crippen LogP contribution in [0.5, 0.6) is 0 Å². The zero-order valence-electron chi connectivity index (χ0n) is 10.7. The highest BCUT2D eigenvalue weighted by Gasteiger charge is 2.25. The van der Waals surface area contributed by atoms with E-state index in [4.69, 9.17) is 5.73 Å². The molecule has 1 heterocycles. The average molecular weight is 269 g/mol. The molecule has 1 saturated carbocycles. The number of thiazole rings is 1. The third kappa shape index (κ3) is 3.11. The second-order valence-electron chi connectivity index (χ2n) is 4.48. The first kappa shape index (κ1) is 13.1. The largest absolute Gasteiger partial charge is 0.382 e. The maximum absolute atomic E-state index is 12.1. The molecule has 7 heteroatoms. The number of amides is 1. The lowest BCUT2D eigenvalue weighted by Crippen LogP contribution is -2.32. The van der Waals surface area contributed by atoms with E-state index in [2.05, 4.69) is 15.6 Å². The minimum atomic E-state index is -0.0657. The molecular weight excluding hydrogens is 250 g/mol. The molecule has 0 bridgehead atoms. The van der Waals surface area contributed by atoms with Crippen molar-refractivity contribution in [3.63, 3.8) is 0 Å². The van der Waals surface area contributed by atoms with Gasteiger partial charge in [-0.25, -0.2) is 4.98 Å². The van der Waals surface area contributed by atoms with E-state index in [1.54, 1.807) is 11.9 Å². The number of nitrogen functional groups attached to an aromatic ring is 1. The topological polar surface area (TPSA) is 83.3 Å². The van der Waals surface area contributed by atoms with Crippen molar-refractivity contribution in [1.82, 2.24) is 15.2 Å². The lowest BCUT2D eigenvalue weighted by atomic mass is 10.4. The van der Waals surface area contributed by atoms with Gasteiger partial charge >= 0.3 is 0 Å². The molecule has 1 aromatic rings. The summed E-state index contributed by atoms with van der Waals surface area (Å²) in [6, 6.07) is 0.514. The second-order valence-corrected chi connectivity index (χ2v) is 5.48. The number of nitrogens with zero attached hydrogens (tertiary/aromatic N) is 2. The average Bonchev–Trinajstić information content (AvgIpc) is 3.08. The van der Waals surface area contributed by atoms with E-state index in [0.29, 0.717) is 23.3 Å². The van der Waals surface area contributed by atoms with Gasteiger partial charge in [0.2, 0.25) is 0 Å². The molecule has 1 amide bonds. The highest BCUT2D eigenvalue weighted by molar-refractivity contribution is 7.18. The Bertz CT molecular complexity index is 429. The predicted molar refractivity (Wildman–Crippen MR) is 74.1 cm³/mol. The summed E-state index contributed by atoms with van der Waals surface area (Å²) in [5.41, 5.74) is 5.80. The summed E-state index contributed by atoms with van der Waals surface area (Å²) >= 11 is 1.34. The molecular formula is C11H19N5OS. The number of carbonyl (C=O) groups excluding carboxylic acids is 1. The highest BCUT2D eigenvalue weighted by Crippen LogP contribution is 2.30. The van der Waals surface area contributed by atoms with Gasteiger partial charge < -0.3 is 21.3 Å². The molecule has 1 aliphatic carbocycles. The predicted octanol–water partition coefficient (Wildman–Crippen LogP) is 0.591. The first-order valence-electron chi connectivity index (χ1n) is 6.04. The van der Waals surface area contributed by atoms with Gasteiger partial charge in [-0.15, -0.1) is 0 Å². The van der Waals surface area contributed by atoms with E-state index in [1.807, 2.05) is 7.05 Å². The first-order chi connectivity index (χ1) is 8.61. The maximum atomic E-state index is 12.1. The number of nitrogens with two attached hydrogens (primary N) is 1. The van der Waals surface area contributed by atoms with Gasteiger partial charge in [0.15, 0.2) is 5.13 Å². The third-order valence-corrected chi connectivity index (χ3v) is 3.79. The Hall–Kier alpha value is -1.34. The molecule has 100 valence electrons. The zero-order chi connectivity index (χ0) is 13.1. The minimum absolute atomic E-state index is 0.0657. The smallest absolute Gasteiger partial charge is 0.267 e. The van der Waals surface area contributed by atoms with Gasteiger partial charge in [0.05, 0.1) is 0 Å². The summed E-state index contributed by atoms with van der Waals surface area (Å²) in [5.74, 6) is 0.258. The summed E-state index contributed by atoms with van der Waals surface area (Å²) in [6.07, 6.45) is 2.34. The van der Waals surface area contributed by atoms with E-state index in [-0.39, 0.29) is 5.91 Å². The van der Waals surface area contributed by atoms with Gasteiger partial charge in [-0.3, -0.25) is 4.79 Å². The molecule has 0 spiro atoms. The molecule has 0 unspecified atom stereocenters. The van der Waals surface area contributed by atoms with E-state index >= 15 is 0 Å². The Morgan fingerprint density at radius 2 is 2.33 bits per heavy atom. The monoisotopic (exact) mass is 269 g/mol. The fraction of sp³-hybridized carbons (Fsp3) is 0.636. The van der Waals surface area contributed by atoms with E-state index in [9.17, 15) is 4.79 Å². The van der Waals surface area contributed by atoms with Crippen molar-refractivity contribution in [2.24, 2.45) is 0 Å². The zero-order valence-corrected chi connectivity index (χ0v) is 11.5. The number of anilines is 2. The Kier molecular flexibility index (Phi) is 4.03. The Morgan fingerprint density at radius 1 is 1.61 bits per heavy atom. The van der Waals surface area contributed by atoms with Crippen LogP contribution in [0.3, 0.4) is 0 Å². The van der Waals surface area contributed by atoms with Crippen LogP contribution in [-0.2, 0) is 0 Å². The van der Waals surface area contributed by atoms with Crippen LogP contribution in [0.4, 0.5) is 10.9 Å². The van der Waals surface area contributed by atoms with E-state index in [1.165, 1.54) is 24.2 Å². The van der Waals surface area contributed by atoms with E-state index < -0.39 is 0 Å². The number of hydrogen-bond acceptors (Lipinski definition) is 6. The van der Waals surface area contributed by atoms with Crippen molar-refractivity contribution in [2.75, 3.05) is 38.2 Å². The quantitative estimate of drug-likeness (QED) is 0.704. The van der Waals surface area contributed by atoms with Gasteiger partial charge in [-0.05, 0) is 19.9 Å². The molecule has 6 nitrogen and oxygen atoms in total. The SMILES string of the molecule is CNCCN(C)C(=O)c1sc(NC2CC2)nc1N. The number of aromatic nitrogens is 1. The molecule has 0 aliphatic heterocycles. The third-order valence-electron chi connectivity index (χ3n) is 2.80.